The maximum atomic E-state index is 5.00. The molecule has 2 rings (SSSR count). The first kappa shape index (κ1) is 13.3. The fourth-order valence-electron chi connectivity index (χ4n) is 2.99. The van der Waals surface area contributed by atoms with Crippen molar-refractivity contribution in [3.05, 3.63) is 0 Å². The van der Waals surface area contributed by atoms with E-state index in [4.69, 9.17) is 4.99 Å². The number of hydrogen-bond acceptors (Lipinski definition) is 2. The number of amidine groups is 1. The van der Waals surface area contributed by atoms with E-state index in [-0.39, 0.29) is 0 Å². The fourth-order valence-corrected chi connectivity index (χ4v) is 4.23. The van der Waals surface area contributed by atoms with Gasteiger partial charge < -0.3 is 5.32 Å². The van der Waals surface area contributed by atoms with Crippen LogP contribution in [0.15, 0.2) is 4.99 Å². The lowest BCUT2D eigenvalue weighted by molar-refractivity contribution is 0.241. The van der Waals surface area contributed by atoms with Gasteiger partial charge in [-0.1, -0.05) is 45.4 Å². The Hall–Kier alpha value is -0.180. The molecule has 2 nitrogen and oxygen atoms in total. The molecule has 1 N–H and O–H groups in total. The quantitative estimate of drug-likeness (QED) is 0.772. The van der Waals surface area contributed by atoms with E-state index in [0.29, 0.717) is 17.3 Å². The summed E-state index contributed by atoms with van der Waals surface area (Å²) in [6.07, 6.45) is 5.26. The van der Waals surface area contributed by atoms with Gasteiger partial charge in [0.05, 0.1) is 6.04 Å². The SMILES string of the molecule is CC1CC(C)SC(=NC2CCCC(C)C2C)N1. The summed E-state index contributed by atoms with van der Waals surface area (Å²) >= 11 is 1.93. The Labute approximate surface area is 110 Å². The summed E-state index contributed by atoms with van der Waals surface area (Å²) in [5.74, 6) is 1.58. The van der Waals surface area contributed by atoms with E-state index in [1.807, 2.05) is 11.8 Å². The van der Waals surface area contributed by atoms with Crippen molar-refractivity contribution in [3.8, 4) is 0 Å². The third-order valence-electron chi connectivity index (χ3n) is 4.32. The van der Waals surface area contributed by atoms with Gasteiger partial charge in [0.1, 0.15) is 0 Å². The van der Waals surface area contributed by atoms with E-state index < -0.39 is 0 Å². The van der Waals surface area contributed by atoms with Crippen LogP contribution in [0.25, 0.3) is 0 Å². The Morgan fingerprint density at radius 3 is 2.65 bits per heavy atom. The number of rotatable bonds is 1. The lowest BCUT2D eigenvalue weighted by Crippen LogP contribution is -2.40. The normalized spacial score (nSPS) is 45.6. The summed E-state index contributed by atoms with van der Waals surface area (Å²) in [5, 5.41) is 5.45. The van der Waals surface area contributed by atoms with Crippen LogP contribution in [0.3, 0.4) is 0 Å². The standard InChI is InChI=1S/C14H26N2S/c1-9-6-5-7-13(12(9)4)16-14-15-10(2)8-11(3)17-14/h9-13H,5-8H2,1-4H3,(H,15,16). The Morgan fingerprint density at radius 2 is 1.94 bits per heavy atom. The van der Waals surface area contributed by atoms with Crippen LogP contribution in [0, 0.1) is 11.8 Å². The minimum absolute atomic E-state index is 0.547. The molecule has 0 radical (unpaired) electrons. The minimum Gasteiger partial charge on any atom is -0.362 e. The van der Waals surface area contributed by atoms with Crippen molar-refractivity contribution < 1.29 is 0 Å². The summed E-state index contributed by atoms with van der Waals surface area (Å²) < 4.78 is 0. The second-order valence-electron chi connectivity index (χ2n) is 5.98. The van der Waals surface area contributed by atoms with Gasteiger partial charge in [-0.05, 0) is 31.6 Å². The molecule has 5 atom stereocenters. The van der Waals surface area contributed by atoms with E-state index in [0.717, 1.165) is 11.8 Å². The Bertz CT molecular complexity index is 278. The molecule has 0 aromatic carbocycles. The molecule has 98 valence electrons. The molecule has 1 aliphatic heterocycles. The summed E-state index contributed by atoms with van der Waals surface area (Å²) in [4.78, 5) is 5.00. The van der Waals surface area contributed by atoms with E-state index in [9.17, 15) is 0 Å². The molecular weight excluding hydrogens is 228 g/mol. The third-order valence-corrected chi connectivity index (χ3v) is 5.36. The second-order valence-corrected chi connectivity index (χ2v) is 7.41. The molecule has 0 aromatic heterocycles. The third kappa shape index (κ3) is 3.40. The maximum Gasteiger partial charge on any atom is 0.157 e. The molecule has 5 unspecified atom stereocenters. The summed E-state index contributed by atoms with van der Waals surface area (Å²) in [6.45, 7) is 9.33. The zero-order valence-electron chi connectivity index (χ0n) is 11.6. The molecular formula is C14H26N2S. The highest BCUT2D eigenvalue weighted by Crippen LogP contribution is 2.33. The predicted octanol–water partition coefficient (Wildman–Crippen LogP) is 3.67. The summed E-state index contributed by atoms with van der Waals surface area (Å²) in [7, 11) is 0. The molecule has 0 spiro atoms. The van der Waals surface area contributed by atoms with Crippen molar-refractivity contribution in [2.45, 2.75) is 70.7 Å². The van der Waals surface area contributed by atoms with Crippen LogP contribution >= 0.6 is 11.8 Å². The lowest BCUT2D eigenvalue weighted by atomic mass is 9.78. The number of aliphatic imine (C=N–C) groups is 1. The van der Waals surface area contributed by atoms with Gasteiger partial charge >= 0.3 is 0 Å². The van der Waals surface area contributed by atoms with Crippen LogP contribution in [-0.4, -0.2) is 22.5 Å². The average molecular weight is 254 g/mol. The van der Waals surface area contributed by atoms with E-state index in [1.54, 1.807) is 0 Å². The van der Waals surface area contributed by atoms with E-state index >= 15 is 0 Å². The molecule has 1 heterocycles. The monoisotopic (exact) mass is 254 g/mol. The lowest BCUT2D eigenvalue weighted by Gasteiger charge is -2.34. The fraction of sp³-hybridized carbons (Fsp3) is 0.929. The second kappa shape index (κ2) is 5.64. The van der Waals surface area contributed by atoms with Crippen LogP contribution in [-0.2, 0) is 0 Å². The van der Waals surface area contributed by atoms with Crippen LogP contribution in [0.4, 0.5) is 0 Å². The highest BCUT2D eigenvalue weighted by Gasteiger charge is 2.28. The molecule has 17 heavy (non-hydrogen) atoms. The van der Waals surface area contributed by atoms with Crippen LogP contribution in [0.5, 0.6) is 0 Å². The highest BCUT2D eigenvalue weighted by atomic mass is 32.2. The summed E-state index contributed by atoms with van der Waals surface area (Å²) in [5.41, 5.74) is 0. The van der Waals surface area contributed by atoms with Crippen LogP contribution in [0.1, 0.15) is 53.4 Å². The first-order valence-electron chi connectivity index (χ1n) is 7.07. The Balaban J connectivity index is 2.02. The number of thioether (sulfide) groups is 1. The molecule has 1 saturated carbocycles. The van der Waals surface area contributed by atoms with Crippen molar-refractivity contribution in [3.63, 3.8) is 0 Å². The largest absolute Gasteiger partial charge is 0.362 e. The maximum absolute atomic E-state index is 5.00. The molecule has 3 heteroatoms. The van der Waals surface area contributed by atoms with Crippen molar-refractivity contribution in [2.24, 2.45) is 16.8 Å². The molecule has 1 aliphatic carbocycles. The zero-order chi connectivity index (χ0) is 12.4. The molecule has 0 bridgehead atoms. The van der Waals surface area contributed by atoms with Gasteiger partial charge in [0.15, 0.2) is 5.17 Å². The zero-order valence-corrected chi connectivity index (χ0v) is 12.4. The van der Waals surface area contributed by atoms with Gasteiger partial charge in [-0.3, -0.25) is 4.99 Å². The predicted molar refractivity (Wildman–Crippen MR) is 77.7 cm³/mol. The van der Waals surface area contributed by atoms with E-state index in [1.165, 1.54) is 30.9 Å². The van der Waals surface area contributed by atoms with Crippen molar-refractivity contribution in [2.75, 3.05) is 0 Å². The molecule has 2 aliphatic rings. The van der Waals surface area contributed by atoms with Gasteiger partial charge in [-0.2, -0.15) is 0 Å². The highest BCUT2D eigenvalue weighted by molar-refractivity contribution is 8.14. The van der Waals surface area contributed by atoms with Crippen molar-refractivity contribution >= 4 is 16.9 Å². The minimum atomic E-state index is 0.547. The van der Waals surface area contributed by atoms with Crippen molar-refractivity contribution in [1.82, 2.24) is 5.32 Å². The van der Waals surface area contributed by atoms with Gasteiger partial charge in [0, 0.05) is 11.3 Å². The molecule has 0 amide bonds. The first-order chi connectivity index (χ1) is 8.06. The topological polar surface area (TPSA) is 24.4 Å². The summed E-state index contributed by atoms with van der Waals surface area (Å²) in [6, 6.07) is 1.13. The number of nitrogens with zero attached hydrogens (tertiary/aromatic N) is 1. The molecule has 2 fully saturated rings. The van der Waals surface area contributed by atoms with E-state index in [2.05, 4.69) is 33.0 Å². The number of nitrogens with one attached hydrogen (secondary N) is 1. The smallest absolute Gasteiger partial charge is 0.157 e. The van der Waals surface area contributed by atoms with Crippen LogP contribution in [0.2, 0.25) is 0 Å². The van der Waals surface area contributed by atoms with Gasteiger partial charge in [0.2, 0.25) is 0 Å². The van der Waals surface area contributed by atoms with Crippen LogP contribution < -0.4 is 5.32 Å². The Morgan fingerprint density at radius 1 is 1.18 bits per heavy atom. The average Bonchev–Trinajstić information content (AvgIpc) is 2.23. The number of hydrogen-bond donors (Lipinski definition) is 1. The van der Waals surface area contributed by atoms with Gasteiger partial charge in [0.25, 0.3) is 0 Å². The van der Waals surface area contributed by atoms with Gasteiger partial charge in [-0.25, -0.2) is 0 Å². The van der Waals surface area contributed by atoms with Gasteiger partial charge in [-0.15, -0.1) is 0 Å². The molecule has 0 aromatic rings. The van der Waals surface area contributed by atoms with Crippen molar-refractivity contribution in [1.29, 1.82) is 0 Å². The molecule has 1 saturated heterocycles. The Kier molecular flexibility index (Phi) is 4.40. The first-order valence-corrected chi connectivity index (χ1v) is 7.95.